The van der Waals surface area contributed by atoms with E-state index >= 15 is 0 Å². The zero-order chi connectivity index (χ0) is 13.0. The second kappa shape index (κ2) is 5.29. The molecule has 1 rings (SSSR count). The van der Waals surface area contributed by atoms with Gasteiger partial charge in [0.1, 0.15) is 0 Å². The first-order chi connectivity index (χ1) is 7.91. The number of hydrogen-bond donors (Lipinski definition) is 2. The average molecular weight is 238 g/mol. The summed E-state index contributed by atoms with van der Waals surface area (Å²) in [7, 11) is 0. The van der Waals surface area contributed by atoms with Crippen molar-refractivity contribution in [2.75, 3.05) is 11.9 Å². The van der Waals surface area contributed by atoms with Gasteiger partial charge in [-0.3, -0.25) is 14.9 Å². The third-order valence-electron chi connectivity index (χ3n) is 2.43. The second-order valence-corrected chi connectivity index (χ2v) is 3.88. The van der Waals surface area contributed by atoms with Crippen molar-refractivity contribution in [3.05, 3.63) is 33.9 Å². The first-order valence-electron chi connectivity index (χ1n) is 5.13. The summed E-state index contributed by atoms with van der Waals surface area (Å²) in [6, 6.07) is 4.61. The molecular weight excluding hydrogens is 224 g/mol. The molecule has 0 amide bonds. The van der Waals surface area contributed by atoms with E-state index in [-0.39, 0.29) is 12.2 Å². The van der Waals surface area contributed by atoms with Gasteiger partial charge in [-0.1, -0.05) is 6.92 Å². The van der Waals surface area contributed by atoms with E-state index in [2.05, 4.69) is 5.32 Å². The van der Waals surface area contributed by atoms with Gasteiger partial charge in [0, 0.05) is 23.9 Å². The van der Waals surface area contributed by atoms with E-state index < -0.39 is 16.8 Å². The van der Waals surface area contributed by atoms with Gasteiger partial charge in [-0.05, 0) is 19.1 Å². The molecule has 1 unspecified atom stereocenters. The summed E-state index contributed by atoms with van der Waals surface area (Å²) >= 11 is 0. The Labute approximate surface area is 98.4 Å². The predicted octanol–water partition coefficient (Wildman–Crippen LogP) is 2.04. The standard InChI is InChI=1S/C11H14N2O4/c1-7-5-9(3-4-10(7)13(16)17)12-6-8(2)11(14)15/h3-5,8,12H,6H2,1-2H3,(H,14,15). The molecule has 0 aliphatic carbocycles. The minimum absolute atomic E-state index is 0.0573. The molecule has 0 radical (unpaired) electrons. The van der Waals surface area contributed by atoms with Crippen molar-refractivity contribution in [1.82, 2.24) is 0 Å². The van der Waals surface area contributed by atoms with Gasteiger partial charge >= 0.3 is 5.97 Å². The smallest absolute Gasteiger partial charge is 0.308 e. The van der Waals surface area contributed by atoms with Gasteiger partial charge in [0.2, 0.25) is 0 Å². The number of anilines is 1. The highest BCUT2D eigenvalue weighted by Gasteiger charge is 2.12. The number of carboxylic acid groups (broad SMARTS) is 1. The number of carboxylic acids is 1. The molecule has 17 heavy (non-hydrogen) atoms. The lowest BCUT2D eigenvalue weighted by molar-refractivity contribution is -0.385. The van der Waals surface area contributed by atoms with Gasteiger partial charge in [-0.25, -0.2) is 0 Å². The molecule has 0 aliphatic rings. The van der Waals surface area contributed by atoms with Crippen molar-refractivity contribution >= 4 is 17.3 Å². The molecule has 0 bridgehead atoms. The monoisotopic (exact) mass is 238 g/mol. The van der Waals surface area contributed by atoms with E-state index in [0.29, 0.717) is 11.3 Å². The van der Waals surface area contributed by atoms with Gasteiger partial charge in [0.25, 0.3) is 5.69 Å². The second-order valence-electron chi connectivity index (χ2n) is 3.88. The number of aliphatic carboxylic acids is 1. The van der Waals surface area contributed by atoms with Gasteiger partial charge in [-0.2, -0.15) is 0 Å². The van der Waals surface area contributed by atoms with E-state index in [0.717, 1.165) is 0 Å². The molecule has 0 aromatic heterocycles. The maximum absolute atomic E-state index is 10.6. The Balaban J connectivity index is 2.71. The van der Waals surface area contributed by atoms with Crippen LogP contribution in [0.25, 0.3) is 0 Å². The topological polar surface area (TPSA) is 92.5 Å². The minimum Gasteiger partial charge on any atom is -0.481 e. The largest absolute Gasteiger partial charge is 0.481 e. The number of nitrogens with zero attached hydrogens (tertiary/aromatic N) is 1. The molecule has 0 heterocycles. The maximum Gasteiger partial charge on any atom is 0.308 e. The van der Waals surface area contributed by atoms with Crippen LogP contribution in [-0.4, -0.2) is 22.5 Å². The molecule has 0 aliphatic heterocycles. The van der Waals surface area contributed by atoms with Crippen molar-refractivity contribution in [2.24, 2.45) is 5.92 Å². The molecule has 0 spiro atoms. The van der Waals surface area contributed by atoms with Crippen LogP contribution in [0.1, 0.15) is 12.5 Å². The highest BCUT2D eigenvalue weighted by atomic mass is 16.6. The van der Waals surface area contributed by atoms with Crippen LogP contribution in [0.3, 0.4) is 0 Å². The van der Waals surface area contributed by atoms with Crippen molar-refractivity contribution in [3.8, 4) is 0 Å². The number of nitrogens with one attached hydrogen (secondary N) is 1. The van der Waals surface area contributed by atoms with Gasteiger partial charge in [0.15, 0.2) is 0 Å². The number of nitro benzene ring substituents is 1. The van der Waals surface area contributed by atoms with Crippen LogP contribution in [0.15, 0.2) is 18.2 Å². The first-order valence-corrected chi connectivity index (χ1v) is 5.13. The number of rotatable bonds is 5. The van der Waals surface area contributed by atoms with Gasteiger partial charge < -0.3 is 10.4 Å². The van der Waals surface area contributed by atoms with Crippen molar-refractivity contribution in [3.63, 3.8) is 0 Å². The van der Waals surface area contributed by atoms with Crippen LogP contribution in [-0.2, 0) is 4.79 Å². The zero-order valence-corrected chi connectivity index (χ0v) is 9.64. The summed E-state index contributed by atoms with van der Waals surface area (Å²) in [6.45, 7) is 3.52. The molecule has 1 aromatic carbocycles. The summed E-state index contributed by atoms with van der Waals surface area (Å²) in [5, 5.41) is 22.2. The molecule has 0 fully saturated rings. The lowest BCUT2D eigenvalue weighted by Gasteiger charge is -2.10. The molecule has 92 valence electrons. The number of carbonyl (C=O) groups is 1. The molecule has 1 atom stereocenters. The fourth-order valence-corrected chi connectivity index (χ4v) is 1.33. The summed E-state index contributed by atoms with van der Waals surface area (Å²) < 4.78 is 0. The third kappa shape index (κ3) is 3.44. The van der Waals surface area contributed by atoms with Crippen molar-refractivity contribution in [1.29, 1.82) is 0 Å². The van der Waals surface area contributed by atoms with Crippen LogP contribution < -0.4 is 5.32 Å². The lowest BCUT2D eigenvalue weighted by atomic mass is 10.1. The van der Waals surface area contributed by atoms with E-state index in [9.17, 15) is 14.9 Å². The summed E-state index contributed by atoms with van der Waals surface area (Å²) in [5.74, 6) is -1.39. The van der Waals surface area contributed by atoms with Crippen LogP contribution in [0, 0.1) is 23.0 Å². The normalized spacial score (nSPS) is 11.9. The molecule has 0 saturated carbocycles. The lowest BCUT2D eigenvalue weighted by Crippen LogP contribution is -2.19. The van der Waals surface area contributed by atoms with E-state index in [4.69, 9.17) is 5.11 Å². The fourth-order valence-electron chi connectivity index (χ4n) is 1.33. The Morgan fingerprint density at radius 1 is 1.59 bits per heavy atom. The van der Waals surface area contributed by atoms with Crippen LogP contribution >= 0.6 is 0 Å². The Morgan fingerprint density at radius 2 is 2.24 bits per heavy atom. The highest BCUT2D eigenvalue weighted by Crippen LogP contribution is 2.21. The van der Waals surface area contributed by atoms with Crippen LogP contribution in [0.4, 0.5) is 11.4 Å². The van der Waals surface area contributed by atoms with E-state index in [1.165, 1.54) is 6.07 Å². The Morgan fingerprint density at radius 3 is 2.71 bits per heavy atom. The van der Waals surface area contributed by atoms with Gasteiger partial charge in [-0.15, -0.1) is 0 Å². The molecule has 6 nitrogen and oxygen atoms in total. The van der Waals surface area contributed by atoms with E-state index in [1.54, 1.807) is 26.0 Å². The summed E-state index contributed by atoms with van der Waals surface area (Å²) in [6.07, 6.45) is 0. The number of nitro groups is 1. The van der Waals surface area contributed by atoms with Crippen molar-refractivity contribution < 1.29 is 14.8 Å². The van der Waals surface area contributed by atoms with Crippen molar-refractivity contribution in [2.45, 2.75) is 13.8 Å². The predicted molar refractivity (Wildman–Crippen MR) is 63.1 cm³/mol. The molecule has 6 heteroatoms. The third-order valence-corrected chi connectivity index (χ3v) is 2.43. The zero-order valence-electron chi connectivity index (χ0n) is 9.64. The Kier molecular flexibility index (Phi) is 4.03. The highest BCUT2D eigenvalue weighted by molar-refractivity contribution is 5.70. The average Bonchev–Trinajstić information content (AvgIpc) is 2.25. The Bertz CT molecular complexity index is 445. The Hall–Kier alpha value is -2.11. The number of benzene rings is 1. The quantitative estimate of drug-likeness (QED) is 0.604. The maximum atomic E-state index is 10.6. The summed E-state index contributed by atoms with van der Waals surface area (Å²) in [4.78, 5) is 20.8. The van der Waals surface area contributed by atoms with Crippen LogP contribution in [0.2, 0.25) is 0 Å². The van der Waals surface area contributed by atoms with E-state index in [1.807, 2.05) is 0 Å². The fraction of sp³-hybridized carbons (Fsp3) is 0.364. The summed E-state index contributed by atoms with van der Waals surface area (Å²) in [5.41, 5.74) is 1.28. The van der Waals surface area contributed by atoms with Gasteiger partial charge in [0.05, 0.1) is 10.8 Å². The number of hydrogen-bond acceptors (Lipinski definition) is 4. The minimum atomic E-state index is -0.879. The first kappa shape index (κ1) is 13.0. The van der Waals surface area contributed by atoms with Crippen LogP contribution in [0.5, 0.6) is 0 Å². The molecule has 1 aromatic rings. The molecule has 2 N–H and O–H groups in total. The molecular formula is C11H14N2O4. The SMILES string of the molecule is Cc1cc(NCC(C)C(=O)O)ccc1[N+](=O)[O-]. The molecule has 0 saturated heterocycles. The number of aryl methyl sites for hydroxylation is 1.